The van der Waals surface area contributed by atoms with Crippen LogP contribution in [0.4, 0.5) is 0 Å². The van der Waals surface area contributed by atoms with Gasteiger partial charge in [0.15, 0.2) is 0 Å². The van der Waals surface area contributed by atoms with Crippen molar-refractivity contribution >= 4 is 37.6 Å². The fourth-order valence-electron chi connectivity index (χ4n) is 0.712. The molecule has 0 unspecified atom stereocenters. The van der Waals surface area contributed by atoms with Gasteiger partial charge in [-0.3, -0.25) is 0 Å². The van der Waals surface area contributed by atoms with Gasteiger partial charge in [-0.2, -0.15) is 0 Å². The van der Waals surface area contributed by atoms with Crippen molar-refractivity contribution in [3.8, 4) is 0 Å². The number of rotatable bonds is 1. The summed E-state index contributed by atoms with van der Waals surface area (Å²) < 4.78 is 1.14. The van der Waals surface area contributed by atoms with Crippen molar-refractivity contribution in [1.29, 1.82) is 0 Å². The molecule has 0 amide bonds. The van der Waals surface area contributed by atoms with Crippen LogP contribution in [0.2, 0.25) is 0 Å². The Kier molecular flexibility index (Phi) is 3.17. The van der Waals surface area contributed by atoms with Crippen molar-refractivity contribution in [3.05, 3.63) is 29.8 Å². The molecule has 0 aliphatic heterocycles. The molecule has 0 aromatic heterocycles. The first kappa shape index (κ1) is 8.53. The summed E-state index contributed by atoms with van der Waals surface area (Å²) in [7, 11) is 11.6. The van der Waals surface area contributed by atoms with Crippen LogP contribution < -0.4 is 4.12 Å². The van der Waals surface area contributed by atoms with Gasteiger partial charge >= 0.3 is 74.4 Å². The van der Waals surface area contributed by atoms with Gasteiger partial charge in [0.2, 0.25) is 0 Å². The van der Waals surface area contributed by atoms with Crippen molar-refractivity contribution < 1.29 is 0 Å². The standard InChI is InChI=1S/C7H7.2ClH.Ga/c1-7-5-3-2-4-6-7;;;/h3-6H,1H3;2*1H;/q;;;+2/p-2. The summed E-state index contributed by atoms with van der Waals surface area (Å²) in [6, 6.07) is 8.11. The van der Waals surface area contributed by atoms with Crippen molar-refractivity contribution in [3.63, 3.8) is 0 Å². The molecule has 1 aromatic rings. The van der Waals surface area contributed by atoms with E-state index in [0.717, 1.165) is 4.12 Å². The second-order valence-electron chi connectivity index (χ2n) is 2.21. The van der Waals surface area contributed by atoms with Crippen LogP contribution in [0.3, 0.4) is 0 Å². The van der Waals surface area contributed by atoms with Crippen molar-refractivity contribution in [1.82, 2.24) is 0 Å². The molecule has 0 saturated heterocycles. The van der Waals surface area contributed by atoms with Crippen LogP contribution in [0.1, 0.15) is 5.56 Å². The molecular weight excluding hydrogens is 225 g/mol. The van der Waals surface area contributed by atoms with E-state index in [9.17, 15) is 0 Å². The first-order valence-electron chi connectivity index (χ1n) is 3.05. The molecule has 3 heteroatoms. The summed E-state index contributed by atoms with van der Waals surface area (Å²) in [4.78, 5) is 0. The molecule has 0 atom stereocenters. The van der Waals surface area contributed by atoms with E-state index in [1.807, 2.05) is 31.2 Å². The third-order valence-electron chi connectivity index (χ3n) is 1.33. The van der Waals surface area contributed by atoms with E-state index in [1.54, 1.807) is 0 Å². The van der Waals surface area contributed by atoms with Crippen LogP contribution in [0.15, 0.2) is 24.3 Å². The summed E-state index contributed by atoms with van der Waals surface area (Å²) in [5, 5.41) is 0. The van der Waals surface area contributed by atoms with Gasteiger partial charge in [0.05, 0.1) is 0 Å². The normalized spacial score (nSPS) is 9.50. The zero-order valence-electron chi connectivity index (χ0n) is 5.64. The molecule has 1 rings (SSSR count). The second kappa shape index (κ2) is 3.72. The third-order valence-corrected chi connectivity index (χ3v) is 5.81. The Hall–Kier alpha value is 0.436. The molecule has 0 bridgehead atoms. The molecule has 0 spiro atoms. The van der Waals surface area contributed by atoms with Crippen LogP contribution in [0.5, 0.6) is 0 Å². The van der Waals surface area contributed by atoms with E-state index >= 15 is 0 Å². The van der Waals surface area contributed by atoms with Gasteiger partial charge in [-0.05, 0) is 0 Å². The average Bonchev–Trinajstić information content (AvgIpc) is 1.88. The van der Waals surface area contributed by atoms with Crippen molar-refractivity contribution in [2.24, 2.45) is 0 Å². The zero-order valence-corrected chi connectivity index (χ0v) is 9.58. The van der Waals surface area contributed by atoms with E-state index in [1.165, 1.54) is 5.56 Å². The minimum absolute atomic E-state index is 1.14. The predicted octanol–water partition coefficient (Wildman–Crippen LogP) is 2.17. The fourth-order valence-corrected chi connectivity index (χ4v) is 3.24. The summed E-state index contributed by atoms with van der Waals surface area (Å²) in [6.45, 7) is 2.05. The average molecular weight is 232 g/mol. The van der Waals surface area contributed by atoms with Gasteiger partial charge in [-0.25, -0.2) is 0 Å². The van der Waals surface area contributed by atoms with Gasteiger partial charge in [0.25, 0.3) is 0 Å². The second-order valence-corrected chi connectivity index (χ2v) is 10.6. The Labute approximate surface area is 74.2 Å². The molecule has 0 aliphatic carbocycles. The molecule has 1 aromatic carbocycles. The van der Waals surface area contributed by atoms with Crippen LogP contribution in [0.25, 0.3) is 0 Å². The van der Waals surface area contributed by atoms with E-state index in [2.05, 4.69) is 0 Å². The molecule has 0 nitrogen and oxygen atoms in total. The van der Waals surface area contributed by atoms with Crippen LogP contribution in [-0.2, 0) is 0 Å². The van der Waals surface area contributed by atoms with Crippen molar-refractivity contribution in [2.45, 2.75) is 6.92 Å². The molecule has 0 radical (unpaired) electrons. The fraction of sp³-hybridized carbons (Fsp3) is 0.143. The van der Waals surface area contributed by atoms with Gasteiger partial charge in [0.1, 0.15) is 0 Å². The zero-order chi connectivity index (χ0) is 7.56. The topological polar surface area (TPSA) is 0 Å². The Morgan fingerprint density at radius 2 is 1.60 bits per heavy atom. The summed E-state index contributed by atoms with van der Waals surface area (Å²) in [5.74, 6) is 0. The maximum absolute atomic E-state index is 5.81. The summed E-state index contributed by atoms with van der Waals surface area (Å²) >= 11 is -2.03. The first-order valence-corrected chi connectivity index (χ1v) is 10.6. The molecule has 0 aliphatic rings. The number of hydrogen-bond donors (Lipinski definition) is 0. The Balaban J connectivity index is 2.89. The summed E-state index contributed by atoms with van der Waals surface area (Å²) in [5.41, 5.74) is 1.25. The first-order chi connectivity index (χ1) is 4.70. The minimum atomic E-state index is -2.03. The van der Waals surface area contributed by atoms with E-state index in [4.69, 9.17) is 19.3 Å². The molecule has 0 fully saturated rings. The van der Waals surface area contributed by atoms with E-state index in [-0.39, 0.29) is 0 Å². The molecule has 10 heavy (non-hydrogen) atoms. The van der Waals surface area contributed by atoms with Crippen LogP contribution >= 0.6 is 19.3 Å². The number of hydrogen-bond acceptors (Lipinski definition) is 0. The number of aryl methyl sites for hydroxylation is 1. The summed E-state index contributed by atoms with van der Waals surface area (Å²) in [6.07, 6.45) is 0. The molecule has 0 saturated carbocycles. The number of benzene rings is 1. The SMILES string of the molecule is Cc1cc[c]([Ga]([Cl])[Cl])cc1. The molecule has 52 valence electrons. The molecule has 0 N–H and O–H groups in total. The van der Waals surface area contributed by atoms with Crippen LogP contribution in [0, 0.1) is 6.92 Å². The quantitative estimate of drug-likeness (QED) is 0.650. The maximum atomic E-state index is 5.81. The van der Waals surface area contributed by atoms with Crippen molar-refractivity contribution in [2.75, 3.05) is 0 Å². The Bertz CT molecular complexity index is 205. The van der Waals surface area contributed by atoms with E-state index in [0.29, 0.717) is 0 Å². The van der Waals surface area contributed by atoms with Gasteiger partial charge in [-0.15, -0.1) is 0 Å². The van der Waals surface area contributed by atoms with Gasteiger partial charge in [-0.1, -0.05) is 0 Å². The van der Waals surface area contributed by atoms with Crippen LogP contribution in [-0.4, -0.2) is 14.2 Å². The van der Waals surface area contributed by atoms with Gasteiger partial charge in [0, 0.05) is 0 Å². The predicted molar refractivity (Wildman–Crippen MR) is 48.3 cm³/mol. The van der Waals surface area contributed by atoms with E-state index < -0.39 is 14.2 Å². The molecule has 0 heterocycles. The Morgan fingerprint density at radius 3 is 2.00 bits per heavy atom. The van der Waals surface area contributed by atoms with Gasteiger partial charge < -0.3 is 0 Å². The third kappa shape index (κ3) is 2.24. The Morgan fingerprint density at radius 1 is 1.10 bits per heavy atom. The molecular formula is C7H7Cl2Ga. The monoisotopic (exact) mass is 230 g/mol. The number of halogens is 2.